The Morgan fingerprint density at radius 3 is 1.61 bits per heavy atom. The van der Waals surface area contributed by atoms with Gasteiger partial charge in [0, 0.05) is 24.2 Å². The molecule has 0 saturated carbocycles. The highest BCUT2D eigenvalue weighted by Crippen LogP contribution is 2.41. The first-order valence-corrected chi connectivity index (χ1v) is 20.6. The van der Waals surface area contributed by atoms with E-state index in [4.69, 9.17) is 23.7 Å². The Hall–Kier alpha value is -6.47. The zero-order valence-corrected chi connectivity index (χ0v) is 34.3. The van der Waals surface area contributed by atoms with Crippen molar-refractivity contribution in [3.8, 4) is 40.0 Å². The van der Waals surface area contributed by atoms with Crippen molar-refractivity contribution in [2.75, 3.05) is 7.11 Å². The summed E-state index contributed by atoms with van der Waals surface area (Å²) >= 11 is 0. The van der Waals surface area contributed by atoms with Crippen molar-refractivity contribution in [1.29, 1.82) is 0 Å². The molecule has 0 saturated heterocycles. The molecule has 0 fully saturated rings. The summed E-state index contributed by atoms with van der Waals surface area (Å²) in [5.41, 5.74) is 5.90. The van der Waals surface area contributed by atoms with Crippen LogP contribution in [0.5, 0.6) is 28.7 Å². The van der Waals surface area contributed by atoms with Crippen LogP contribution in [0.1, 0.15) is 61.8 Å². The molecule has 1 atom stereocenters. The van der Waals surface area contributed by atoms with Crippen LogP contribution in [0, 0.1) is 5.92 Å². The Balaban J connectivity index is 1.44. The molecule has 7 rings (SSSR count). The number of hydrogen-bond donors (Lipinski definition) is 0. The van der Waals surface area contributed by atoms with Gasteiger partial charge in [0.15, 0.2) is 17.2 Å². The van der Waals surface area contributed by atoms with Crippen LogP contribution in [0.25, 0.3) is 22.2 Å². The first-order chi connectivity index (χ1) is 29.0. The van der Waals surface area contributed by atoms with Crippen molar-refractivity contribution in [3.63, 3.8) is 0 Å². The molecule has 6 aromatic carbocycles. The molecule has 1 aromatic heterocycles. The van der Waals surface area contributed by atoms with Crippen LogP contribution in [0.3, 0.4) is 0 Å². The smallest absolute Gasteiger partial charge is 0.235 e. The van der Waals surface area contributed by atoms with Gasteiger partial charge in [0.2, 0.25) is 5.43 Å². The van der Waals surface area contributed by atoms with E-state index in [1.54, 1.807) is 7.11 Å². The minimum Gasteiger partial charge on any atom is -0.493 e. The van der Waals surface area contributed by atoms with Crippen molar-refractivity contribution in [3.05, 3.63) is 184 Å². The molecule has 7 aromatic rings. The summed E-state index contributed by atoms with van der Waals surface area (Å²) in [6, 6.07) is 49.7. The molecule has 0 radical (unpaired) electrons. The molecule has 0 aliphatic carbocycles. The quantitative estimate of drug-likeness (QED) is 0.0766. The number of fused-ring (bicyclic) bond motifs is 1. The third-order valence-electron chi connectivity index (χ3n) is 10.6. The lowest BCUT2D eigenvalue weighted by molar-refractivity contribution is 0.284. The summed E-state index contributed by atoms with van der Waals surface area (Å²) in [4.78, 5) is 15.3. The van der Waals surface area contributed by atoms with Gasteiger partial charge < -0.3 is 28.3 Å². The predicted octanol–water partition coefficient (Wildman–Crippen LogP) is 12.2. The molecule has 0 aliphatic heterocycles. The van der Waals surface area contributed by atoms with E-state index in [1.807, 2.05) is 152 Å². The number of unbranched alkanes of at least 4 members (excludes halogenated alkanes) is 1. The van der Waals surface area contributed by atoms with Gasteiger partial charge >= 0.3 is 0 Å². The number of methoxy groups -OCH3 is 1. The van der Waals surface area contributed by atoms with E-state index in [1.165, 1.54) is 0 Å². The Kier molecular flexibility index (Phi) is 14.0. The summed E-state index contributed by atoms with van der Waals surface area (Å²) in [5, 5.41) is 0.444. The van der Waals surface area contributed by atoms with Crippen LogP contribution in [0.4, 0.5) is 0 Å². The van der Waals surface area contributed by atoms with Crippen LogP contribution >= 0.6 is 0 Å². The third kappa shape index (κ3) is 10.3. The number of pyridine rings is 1. The number of hydrogen-bond acceptors (Lipinski definition) is 6. The summed E-state index contributed by atoms with van der Waals surface area (Å²) in [6.07, 6.45) is 4.19. The van der Waals surface area contributed by atoms with E-state index in [0.29, 0.717) is 65.3 Å². The van der Waals surface area contributed by atoms with Gasteiger partial charge in [0.25, 0.3) is 0 Å². The molecule has 7 nitrogen and oxygen atoms in total. The van der Waals surface area contributed by atoms with Gasteiger partial charge in [-0.2, -0.15) is 0 Å². The Bertz CT molecular complexity index is 2450. The largest absolute Gasteiger partial charge is 0.493 e. The Labute approximate surface area is 347 Å². The lowest BCUT2D eigenvalue weighted by Gasteiger charge is -2.26. The van der Waals surface area contributed by atoms with Gasteiger partial charge in [0.05, 0.1) is 23.7 Å². The molecule has 0 amide bonds. The molecule has 0 spiro atoms. The van der Waals surface area contributed by atoms with Crippen LogP contribution in [0.15, 0.2) is 156 Å². The lowest BCUT2D eigenvalue weighted by Crippen LogP contribution is -2.21. The monoisotopic (exact) mass is 787 g/mol. The van der Waals surface area contributed by atoms with E-state index in [-0.39, 0.29) is 24.4 Å². The first kappa shape index (κ1) is 40.7. The molecule has 7 heteroatoms. The molecule has 302 valence electrons. The van der Waals surface area contributed by atoms with Crippen molar-refractivity contribution in [2.45, 2.75) is 72.5 Å². The van der Waals surface area contributed by atoms with Gasteiger partial charge in [0.1, 0.15) is 37.9 Å². The average Bonchev–Trinajstić information content (AvgIpc) is 3.29. The predicted molar refractivity (Wildman–Crippen MR) is 237 cm³/mol. The van der Waals surface area contributed by atoms with Crippen molar-refractivity contribution < 1.29 is 23.7 Å². The highest BCUT2D eigenvalue weighted by atomic mass is 16.5. The SMILES string of the molecule is CCCCC(CC)Cn1c(-c2ccc(OCc3ccccc3)c(OC)c2)c(OCc2ccccc2)c(=O)c2c(OCc3ccccc3)cc(OCc3ccccc3)cc21. The maximum atomic E-state index is 15.3. The van der Waals surface area contributed by atoms with Gasteiger partial charge in [-0.25, -0.2) is 0 Å². The molecule has 1 unspecified atom stereocenters. The molecule has 0 N–H and O–H groups in total. The number of ether oxygens (including phenoxy) is 5. The maximum absolute atomic E-state index is 15.3. The number of aromatic nitrogens is 1. The Morgan fingerprint density at radius 1 is 0.559 bits per heavy atom. The normalized spacial score (nSPS) is 11.6. The number of benzene rings is 6. The molecular weight excluding hydrogens is 735 g/mol. The molecular formula is C52H53NO6. The van der Waals surface area contributed by atoms with Crippen molar-refractivity contribution in [1.82, 2.24) is 4.57 Å². The van der Waals surface area contributed by atoms with Gasteiger partial charge in [-0.3, -0.25) is 4.79 Å². The highest BCUT2D eigenvalue weighted by molar-refractivity contribution is 5.92. The fraction of sp³-hybridized carbons (Fsp3) is 0.250. The molecule has 0 aliphatic rings. The van der Waals surface area contributed by atoms with Crippen molar-refractivity contribution >= 4 is 10.9 Å². The van der Waals surface area contributed by atoms with E-state index in [0.717, 1.165) is 53.5 Å². The summed E-state index contributed by atoms with van der Waals surface area (Å²) < 4.78 is 34.4. The van der Waals surface area contributed by atoms with Crippen LogP contribution < -0.4 is 29.1 Å². The number of nitrogens with zero attached hydrogens (tertiary/aromatic N) is 1. The zero-order valence-electron chi connectivity index (χ0n) is 34.3. The van der Waals surface area contributed by atoms with Gasteiger partial charge in [-0.05, 0) is 52.8 Å². The van der Waals surface area contributed by atoms with Gasteiger partial charge in [-0.1, -0.05) is 154 Å². The van der Waals surface area contributed by atoms with Gasteiger partial charge in [-0.15, -0.1) is 0 Å². The van der Waals surface area contributed by atoms with E-state index < -0.39 is 0 Å². The first-order valence-electron chi connectivity index (χ1n) is 20.6. The van der Waals surface area contributed by atoms with Crippen molar-refractivity contribution in [2.24, 2.45) is 5.92 Å². The highest BCUT2D eigenvalue weighted by Gasteiger charge is 2.26. The Morgan fingerprint density at radius 2 is 1.08 bits per heavy atom. The van der Waals surface area contributed by atoms with E-state index in [2.05, 4.69) is 18.4 Å². The lowest BCUT2D eigenvalue weighted by atomic mass is 9.97. The van der Waals surface area contributed by atoms with Crippen LogP contribution in [-0.2, 0) is 33.0 Å². The van der Waals surface area contributed by atoms with Crippen LogP contribution in [0.2, 0.25) is 0 Å². The van der Waals surface area contributed by atoms with E-state index >= 15 is 4.79 Å². The summed E-state index contributed by atoms with van der Waals surface area (Å²) in [6.45, 7) is 6.32. The minimum absolute atomic E-state index is 0.204. The molecule has 1 heterocycles. The summed E-state index contributed by atoms with van der Waals surface area (Å²) in [7, 11) is 1.64. The average molecular weight is 788 g/mol. The zero-order chi connectivity index (χ0) is 40.8. The fourth-order valence-electron chi connectivity index (χ4n) is 7.34. The topological polar surface area (TPSA) is 68.2 Å². The second-order valence-corrected chi connectivity index (χ2v) is 14.8. The fourth-order valence-corrected chi connectivity index (χ4v) is 7.34. The second kappa shape index (κ2) is 20.3. The van der Waals surface area contributed by atoms with E-state index in [9.17, 15) is 0 Å². The number of rotatable bonds is 20. The van der Waals surface area contributed by atoms with Crippen LogP contribution in [-0.4, -0.2) is 11.7 Å². The summed E-state index contributed by atoms with van der Waals surface area (Å²) in [5.74, 6) is 2.76. The second-order valence-electron chi connectivity index (χ2n) is 14.8. The third-order valence-corrected chi connectivity index (χ3v) is 10.6. The molecule has 0 bridgehead atoms. The molecule has 59 heavy (non-hydrogen) atoms. The maximum Gasteiger partial charge on any atom is 0.235 e. The standard InChI is InChI=1S/C52H53NO6/c1-4-6-19-38(5-2)33-53-45-31-44(56-34-39-20-11-7-12-21-39)32-48(58-36-41-24-15-9-16-25-41)49(45)51(54)52(59-37-42-26-17-10-18-27-42)50(53)43-28-29-46(47(30-43)55-3)57-35-40-22-13-8-14-23-40/h7-18,20-32,38H,4-6,19,33-37H2,1-3H3. The minimum atomic E-state index is -0.259.